The molecule has 0 spiro atoms. The quantitative estimate of drug-likeness (QED) is 0.428. The third-order valence-corrected chi connectivity index (χ3v) is 4.28. The van der Waals surface area contributed by atoms with E-state index in [4.69, 9.17) is 17.4 Å². The second kappa shape index (κ2) is 6.34. The zero-order valence-corrected chi connectivity index (χ0v) is 13.8. The van der Waals surface area contributed by atoms with Crippen molar-refractivity contribution in [1.82, 2.24) is 5.43 Å². The van der Waals surface area contributed by atoms with Crippen molar-refractivity contribution in [2.75, 3.05) is 0 Å². The first-order valence-corrected chi connectivity index (χ1v) is 7.53. The number of benzene rings is 2. The van der Waals surface area contributed by atoms with E-state index in [2.05, 4.69) is 50.0 Å². The molecule has 1 atom stereocenters. The van der Waals surface area contributed by atoms with Gasteiger partial charge in [0.15, 0.2) is 0 Å². The van der Waals surface area contributed by atoms with Crippen molar-refractivity contribution in [2.24, 2.45) is 5.84 Å². The van der Waals surface area contributed by atoms with Crippen LogP contribution in [0, 0.1) is 3.57 Å². The molecule has 2 aromatic rings. The zero-order chi connectivity index (χ0) is 13.1. The summed E-state index contributed by atoms with van der Waals surface area (Å²) < 4.78 is 2.20. The summed E-state index contributed by atoms with van der Waals surface area (Å²) in [7, 11) is 0. The molecule has 0 heterocycles. The van der Waals surface area contributed by atoms with Crippen LogP contribution in [0.2, 0.25) is 5.02 Å². The SMILES string of the molecule is NNC(c1ccc(Cl)cc1)c1cc(I)ccc1Br. The fourth-order valence-corrected chi connectivity index (χ4v) is 2.87. The standard InChI is InChI=1S/C13H11BrClIN2/c14-12-6-5-10(16)7-11(12)13(18-17)8-1-3-9(15)4-2-8/h1-7,13,18H,17H2. The average molecular weight is 438 g/mol. The first-order valence-electron chi connectivity index (χ1n) is 5.28. The number of hydrogen-bond donors (Lipinski definition) is 2. The minimum Gasteiger partial charge on any atom is -0.271 e. The molecule has 2 rings (SSSR count). The first-order chi connectivity index (χ1) is 8.61. The molecule has 0 aliphatic carbocycles. The van der Waals surface area contributed by atoms with E-state index in [9.17, 15) is 0 Å². The van der Waals surface area contributed by atoms with E-state index >= 15 is 0 Å². The van der Waals surface area contributed by atoms with Crippen LogP contribution < -0.4 is 11.3 Å². The van der Waals surface area contributed by atoms with Gasteiger partial charge in [-0.25, -0.2) is 5.43 Å². The van der Waals surface area contributed by atoms with Gasteiger partial charge in [0.05, 0.1) is 6.04 Å². The van der Waals surface area contributed by atoms with Crippen molar-refractivity contribution in [3.05, 3.63) is 66.7 Å². The Labute approximate surface area is 133 Å². The van der Waals surface area contributed by atoms with Gasteiger partial charge in [-0.2, -0.15) is 0 Å². The van der Waals surface area contributed by atoms with Gasteiger partial charge in [-0.05, 0) is 64.0 Å². The Hall–Kier alpha value is -0.140. The molecule has 94 valence electrons. The second-order valence-electron chi connectivity index (χ2n) is 3.82. The highest BCUT2D eigenvalue weighted by molar-refractivity contribution is 14.1. The lowest BCUT2D eigenvalue weighted by molar-refractivity contribution is 0.634. The predicted octanol–water partition coefficient (Wildman–Crippen LogP) is 4.26. The molecule has 0 aliphatic rings. The van der Waals surface area contributed by atoms with E-state index in [0.717, 1.165) is 20.6 Å². The Morgan fingerprint density at radius 1 is 1.17 bits per heavy atom. The molecule has 3 N–H and O–H groups in total. The second-order valence-corrected chi connectivity index (χ2v) is 6.35. The van der Waals surface area contributed by atoms with Crippen molar-refractivity contribution in [3.8, 4) is 0 Å². The van der Waals surface area contributed by atoms with Gasteiger partial charge in [-0.3, -0.25) is 5.84 Å². The van der Waals surface area contributed by atoms with Crippen molar-refractivity contribution in [2.45, 2.75) is 6.04 Å². The molecule has 2 aromatic carbocycles. The van der Waals surface area contributed by atoms with Crippen LogP contribution in [-0.2, 0) is 0 Å². The summed E-state index contributed by atoms with van der Waals surface area (Å²) in [6.07, 6.45) is 0. The summed E-state index contributed by atoms with van der Waals surface area (Å²) in [5, 5.41) is 0.719. The molecule has 0 amide bonds. The minimum atomic E-state index is -0.0636. The Morgan fingerprint density at radius 2 is 1.83 bits per heavy atom. The van der Waals surface area contributed by atoms with Crippen LogP contribution in [0.4, 0.5) is 0 Å². The lowest BCUT2D eigenvalue weighted by Gasteiger charge is -2.18. The van der Waals surface area contributed by atoms with Crippen molar-refractivity contribution in [3.63, 3.8) is 0 Å². The zero-order valence-electron chi connectivity index (χ0n) is 9.33. The monoisotopic (exact) mass is 436 g/mol. The number of nitrogens with two attached hydrogens (primary N) is 1. The van der Waals surface area contributed by atoms with Crippen LogP contribution in [0.5, 0.6) is 0 Å². The van der Waals surface area contributed by atoms with Gasteiger partial charge in [0.1, 0.15) is 0 Å². The topological polar surface area (TPSA) is 38.0 Å². The van der Waals surface area contributed by atoms with E-state index in [1.54, 1.807) is 0 Å². The number of hydrazine groups is 1. The van der Waals surface area contributed by atoms with E-state index < -0.39 is 0 Å². The molecule has 0 bridgehead atoms. The van der Waals surface area contributed by atoms with E-state index in [1.165, 1.54) is 3.57 Å². The maximum atomic E-state index is 5.90. The Balaban J connectivity index is 2.44. The maximum absolute atomic E-state index is 5.90. The number of halogens is 3. The van der Waals surface area contributed by atoms with Crippen LogP contribution in [0.3, 0.4) is 0 Å². The fourth-order valence-electron chi connectivity index (χ4n) is 1.76. The lowest BCUT2D eigenvalue weighted by atomic mass is 9.99. The van der Waals surface area contributed by atoms with Crippen LogP contribution in [-0.4, -0.2) is 0 Å². The highest BCUT2D eigenvalue weighted by Crippen LogP contribution is 2.30. The molecule has 2 nitrogen and oxygen atoms in total. The van der Waals surface area contributed by atoms with E-state index in [-0.39, 0.29) is 6.04 Å². The highest BCUT2D eigenvalue weighted by atomic mass is 127. The molecule has 1 unspecified atom stereocenters. The predicted molar refractivity (Wildman–Crippen MR) is 87.5 cm³/mol. The molecule has 0 fully saturated rings. The molecular formula is C13H11BrClIN2. The molecule has 18 heavy (non-hydrogen) atoms. The number of hydrogen-bond acceptors (Lipinski definition) is 2. The molecule has 0 radical (unpaired) electrons. The maximum Gasteiger partial charge on any atom is 0.0721 e. The van der Waals surface area contributed by atoms with E-state index in [1.807, 2.05) is 36.4 Å². The fraction of sp³-hybridized carbons (Fsp3) is 0.0769. The average Bonchev–Trinajstić information content (AvgIpc) is 2.37. The first kappa shape index (κ1) is 14.3. The molecule has 0 saturated heterocycles. The van der Waals surface area contributed by atoms with Gasteiger partial charge in [0.25, 0.3) is 0 Å². The third kappa shape index (κ3) is 3.24. The number of rotatable bonds is 3. The van der Waals surface area contributed by atoms with Gasteiger partial charge >= 0.3 is 0 Å². The van der Waals surface area contributed by atoms with Gasteiger partial charge < -0.3 is 0 Å². The molecular weight excluding hydrogens is 426 g/mol. The highest BCUT2D eigenvalue weighted by Gasteiger charge is 2.15. The van der Waals surface area contributed by atoms with Gasteiger partial charge in [0, 0.05) is 13.1 Å². The summed E-state index contributed by atoms with van der Waals surface area (Å²) in [6.45, 7) is 0. The largest absolute Gasteiger partial charge is 0.271 e. The summed E-state index contributed by atoms with van der Waals surface area (Å²) in [4.78, 5) is 0. The van der Waals surface area contributed by atoms with Gasteiger partial charge in [-0.15, -0.1) is 0 Å². The summed E-state index contributed by atoms with van der Waals surface area (Å²) in [5.41, 5.74) is 5.02. The summed E-state index contributed by atoms with van der Waals surface area (Å²) >= 11 is 11.7. The third-order valence-electron chi connectivity index (χ3n) is 2.64. The number of nitrogens with one attached hydrogen (secondary N) is 1. The smallest absolute Gasteiger partial charge is 0.0721 e. The Morgan fingerprint density at radius 3 is 2.44 bits per heavy atom. The van der Waals surface area contributed by atoms with E-state index in [0.29, 0.717) is 0 Å². The van der Waals surface area contributed by atoms with Gasteiger partial charge in [-0.1, -0.05) is 39.7 Å². The van der Waals surface area contributed by atoms with Crippen LogP contribution >= 0.6 is 50.1 Å². The lowest BCUT2D eigenvalue weighted by Crippen LogP contribution is -2.29. The van der Waals surface area contributed by atoms with Crippen molar-refractivity contribution in [1.29, 1.82) is 0 Å². The van der Waals surface area contributed by atoms with Crippen LogP contribution in [0.15, 0.2) is 46.9 Å². The molecule has 0 aliphatic heterocycles. The van der Waals surface area contributed by atoms with Crippen molar-refractivity contribution >= 4 is 50.1 Å². The molecule has 0 aromatic heterocycles. The van der Waals surface area contributed by atoms with Gasteiger partial charge in [0.2, 0.25) is 0 Å². The summed E-state index contributed by atoms with van der Waals surface area (Å²) in [5.74, 6) is 5.69. The van der Waals surface area contributed by atoms with Crippen molar-refractivity contribution < 1.29 is 0 Å². The molecule has 5 heteroatoms. The minimum absolute atomic E-state index is 0.0636. The Bertz CT molecular complexity index is 545. The Kier molecular flexibility index (Phi) is 5.03. The van der Waals surface area contributed by atoms with Crippen LogP contribution in [0.1, 0.15) is 17.2 Å². The summed E-state index contributed by atoms with van der Waals surface area (Å²) in [6, 6.07) is 13.8. The molecule has 0 saturated carbocycles. The normalized spacial score (nSPS) is 12.4. The van der Waals surface area contributed by atoms with Crippen LogP contribution in [0.25, 0.3) is 0 Å².